The lowest BCUT2D eigenvalue weighted by atomic mass is 10.00. The van der Waals surface area contributed by atoms with Crippen LogP contribution in [0.15, 0.2) is 53.7 Å². The summed E-state index contributed by atoms with van der Waals surface area (Å²) in [5.74, 6) is 0.778. The summed E-state index contributed by atoms with van der Waals surface area (Å²) >= 11 is 0. The number of methoxy groups -OCH3 is 1. The van der Waals surface area contributed by atoms with Crippen LogP contribution in [0, 0.1) is 0 Å². The Morgan fingerprint density at radius 3 is 2.80 bits per heavy atom. The maximum atomic E-state index is 12.9. The van der Waals surface area contributed by atoms with Crippen molar-refractivity contribution < 1.29 is 14.4 Å². The Bertz CT molecular complexity index is 814. The molecule has 4 rings (SSSR count). The molecule has 1 amide bonds. The molecule has 0 saturated carbocycles. The van der Waals surface area contributed by atoms with Crippen LogP contribution in [0.1, 0.15) is 24.0 Å². The van der Waals surface area contributed by atoms with E-state index in [2.05, 4.69) is 11.2 Å². The summed E-state index contributed by atoms with van der Waals surface area (Å²) in [5, 5.41) is 4.14. The first-order valence-corrected chi connectivity index (χ1v) is 8.52. The molecule has 0 fully saturated rings. The summed E-state index contributed by atoms with van der Waals surface area (Å²) < 4.78 is 5.17. The van der Waals surface area contributed by atoms with Crippen molar-refractivity contribution in [2.75, 3.05) is 18.6 Å². The van der Waals surface area contributed by atoms with Gasteiger partial charge in [0.2, 0.25) is 6.10 Å². The minimum absolute atomic E-state index is 0.0144. The molecule has 5 nitrogen and oxygen atoms in total. The Balaban J connectivity index is 1.48. The molecule has 0 aliphatic carbocycles. The van der Waals surface area contributed by atoms with Crippen molar-refractivity contribution in [1.29, 1.82) is 0 Å². The maximum absolute atomic E-state index is 12.9. The fraction of sp³-hybridized carbons (Fsp3) is 0.300. The molecule has 2 aliphatic heterocycles. The average Bonchev–Trinajstić information content (AvgIpc) is 3.17. The minimum Gasteiger partial charge on any atom is -0.497 e. The van der Waals surface area contributed by atoms with E-state index < -0.39 is 6.10 Å². The van der Waals surface area contributed by atoms with Crippen LogP contribution >= 0.6 is 0 Å². The van der Waals surface area contributed by atoms with Gasteiger partial charge in [-0.1, -0.05) is 23.4 Å². The van der Waals surface area contributed by atoms with Crippen LogP contribution in [0.2, 0.25) is 0 Å². The van der Waals surface area contributed by atoms with E-state index in [0.717, 1.165) is 42.1 Å². The number of aryl methyl sites for hydroxylation is 1. The molecule has 0 N–H and O–H groups in total. The smallest absolute Gasteiger partial charge is 0.271 e. The number of ether oxygens (including phenoxy) is 1. The van der Waals surface area contributed by atoms with Crippen molar-refractivity contribution in [2.45, 2.75) is 25.4 Å². The predicted octanol–water partition coefficient (Wildman–Crippen LogP) is 3.17. The van der Waals surface area contributed by atoms with Crippen LogP contribution in [0.25, 0.3) is 0 Å². The summed E-state index contributed by atoms with van der Waals surface area (Å²) in [7, 11) is 1.64. The zero-order valence-electron chi connectivity index (χ0n) is 14.1. The Labute approximate surface area is 146 Å². The van der Waals surface area contributed by atoms with Crippen molar-refractivity contribution in [3.05, 3.63) is 59.7 Å². The fourth-order valence-electron chi connectivity index (χ4n) is 3.40. The van der Waals surface area contributed by atoms with Gasteiger partial charge < -0.3 is 14.5 Å². The van der Waals surface area contributed by atoms with Gasteiger partial charge in [-0.15, -0.1) is 0 Å². The minimum atomic E-state index is -0.553. The number of oxime groups is 1. The molecule has 0 radical (unpaired) electrons. The molecule has 128 valence electrons. The molecular formula is C20H20N2O3. The Morgan fingerprint density at radius 1 is 1.20 bits per heavy atom. The summed E-state index contributed by atoms with van der Waals surface area (Å²) in [6, 6.07) is 15.7. The second-order valence-electron chi connectivity index (χ2n) is 6.29. The van der Waals surface area contributed by atoms with Gasteiger partial charge in [0.25, 0.3) is 5.91 Å². The molecule has 0 saturated heterocycles. The van der Waals surface area contributed by atoms with Gasteiger partial charge >= 0.3 is 0 Å². The number of hydrogen-bond donors (Lipinski definition) is 0. The number of fused-ring (bicyclic) bond motifs is 1. The second kappa shape index (κ2) is 6.59. The lowest BCUT2D eigenvalue weighted by molar-refractivity contribution is -0.128. The van der Waals surface area contributed by atoms with Crippen LogP contribution in [-0.2, 0) is 16.1 Å². The molecule has 5 heteroatoms. The van der Waals surface area contributed by atoms with Crippen molar-refractivity contribution in [2.24, 2.45) is 5.16 Å². The van der Waals surface area contributed by atoms with E-state index in [1.165, 1.54) is 5.56 Å². The third-order valence-corrected chi connectivity index (χ3v) is 4.74. The fourth-order valence-corrected chi connectivity index (χ4v) is 3.40. The normalized spacial score (nSPS) is 19.0. The van der Waals surface area contributed by atoms with Crippen LogP contribution < -0.4 is 9.64 Å². The highest BCUT2D eigenvalue weighted by Gasteiger charge is 2.34. The number of amides is 1. The van der Waals surface area contributed by atoms with Gasteiger partial charge in [-0.25, -0.2) is 0 Å². The van der Waals surface area contributed by atoms with Crippen LogP contribution in [0.4, 0.5) is 5.69 Å². The van der Waals surface area contributed by atoms with Gasteiger partial charge in [0.15, 0.2) is 0 Å². The highest BCUT2D eigenvalue weighted by atomic mass is 16.6. The van der Waals surface area contributed by atoms with E-state index >= 15 is 0 Å². The molecule has 2 aromatic rings. The van der Waals surface area contributed by atoms with Crippen molar-refractivity contribution in [3.8, 4) is 5.75 Å². The SMILES string of the molecule is COc1ccc(C2=NO[C@H](C(=O)N3CCCc4ccccc43)C2)cc1. The number of anilines is 1. The monoisotopic (exact) mass is 336 g/mol. The first-order valence-electron chi connectivity index (χ1n) is 8.52. The molecular weight excluding hydrogens is 316 g/mol. The van der Waals surface area contributed by atoms with Gasteiger partial charge in [-0.05, 0) is 54.3 Å². The third-order valence-electron chi connectivity index (χ3n) is 4.74. The largest absolute Gasteiger partial charge is 0.497 e. The maximum Gasteiger partial charge on any atom is 0.271 e. The van der Waals surface area contributed by atoms with E-state index in [-0.39, 0.29) is 5.91 Å². The zero-order valence-corrected chi connectivity index (χ0v) is 14.1. The number of hydrogen-bond acceptors (Lipinski definition) is 4. The third kappa shape index (κ3) is 2.97. The molecule has 2 aliphatic rings. The highest BCUT2D eigenvalue weighted by Crippen LogP contribution is 2.29. The number of carbonyl (C=O) groups excluding carboxylic acids is 1. The molecule has 0 spiro atoms. The number of nitrogens with zero attached hydrogens (tertiary/aromatic N) is 2. The van der Waals surface area contributed by atoms with E-state index in [0.29, 0.717) is 6.42 Å². The van der Waals surface area contributed by atoms with Gasteiger partial charge in [-0.3, -0.25) is 4.79 Å². The standard InChI is InChI=1S/C20H20N2O3/c1-24-16-10-8-14(9-11-16)17-13-19(25-21-17)20(23)22-12-4-6-15-5-2-3-7-18(15)22/h2-3,5,7-11,19H,4,6,12-13H2,1H3/t19-/m0/s1. The molecule has 0 unspecified atom stereocenters. The summed E-state index contributed by atoms with van der Waals surface area (Å²) in [4.78, 5) is 20.3. The summed E-state index contributed by atoms with van der Waals surface area (Å²) in [6.07, 6.45) is 1.92. The van der Waals surface area contributed by atoms with Crippen molar-refractivity contribution in [3.63, 3.8) is 0 Å². The van der Waals surface area contributed by atoms with E-state index in [1.807, 2.05) is 47.4 Å². The van der Waals surface area contributed by atoms with Gasteiger partial charge in [0, 0.05) is 18.7 Å². The Hall–Kier alpha value is -2.82. The molecule has 2 aromatic carbocycles. The molecule has 25 heavy (non-hydrogen) atoms. The Kier molecular flexibility index (Phi) is 4.14. The predicted molar refractivity (Wildman–Crippen MR) is 96.1 cm³/mol. The Morgan fingerprint density at radius 2 is 2.00 bits per heavy atom. The molecule has 0 bridgehead atoms. The molecule has 2 heterocycles. The van der Waals surface area contributed by atoms with Crippen LogP contribution in [-0.4, -0.2) is 31.4 Å². The van der Waals surface area contributed by atoms with Crippen LogP contribution in [0.3, 0.4) is 0 Å². The van der Waals surface area contributed by atoms with E-state index in [1.54, 1.807) is 7.11 Å². The molecule has 0 aromatic heterocycles. The summed E-state index contributed by atoms with van der Waals surface area (Å²) in [6.45, 7) is 0.730. The number of carbonyl (C=O) groups is 1. The van der Waals surface area contributed by atoms with E-state index in [9.17, 15) is 4.79 Å². The second-order valence-corrected chi connectivity index (χ2v) is 6.29. The first-order chi connectivity index (χ1) is 12.3. The van der Waals surface area contributed by atoms with Gasteiger partial charge in [-0.2, -0.15) is 0 Å². The lowest BCUT2D eigenvalue weighted by Gasteiger charge is -2.30. The first kappa shape index (κ1) is 15.7. The number of benzene rings is 2. The topological polar surface area (TPSA) is 51.1 Å². The van der Waals surface area contributed by atoms with Crippen molar-refractivity contribution in [1.82, 2.24) is 0 Å². The molecule has 1 atom stereocenters. The van der Waals surface area contributed by atoms with E-state index in [4.69, 9.17) is 9.57 Å². The number of para-hydroxylation sites is 1. The lowest BCUT2D eigenvalue weighted by Crippen LogP contribution is -2.42. The van der Waals surface area contributed by atoms with Gasteiger partial charge in [0.05, 0.1) is 12.8 Å². The quantitative estimate of drug-likeness (QED) is 0.865. The van der Waals surface area contributed by atoms with Gasteiger partial charge in [0.1, 0.15) is 5.75 Å². The number of rotatable bonds is 3. The zero-order chi connectivity index (χ0) is 17.2. The summed E-state index contributed by atoms with van der Waals surface area (Å²) in [5.41, 5.74) is 3.97. The average molecular weight is 336 g/mol. The highest BCUT2D eigenvalue weighted by molar-refractivity contribution is 6.07. The van der Waals surface area contributed by atoms with Crippen LogP contribution in [0.5, 0.6) is 5.75 Å². The van der Waals surface area contributed by atoms with Crippen molar-refractivity contribution >= 4 is 17.3 Å².